The number of anilines is 1. The highest BCUT2D eigenvalue weighted by atomic mass is 79.9. The predicted molar refractivity (Wildman–Crippen MR) is 113 cm³/mol. The van der Waals surface area contributed by atoms with E-state index in [-0.39, 0.29) is 21.7 Å². The average Bonchev–Trinajstić information content (AvgIpc) is 3.37. The van der Waals surface area contributed by atoms with E-state index in [1.165, 1.54) is 11.3 Å². The maximum absolute atomic E-state index is 13.2. The molecular formula is C20H15BrN2O3S2. The van der Waals surface area contributed by atoms with E-state index in [0.717, 1.165) is 14.9 Å². The summed E-state index contributed by atoms with van der Waals surface area (Å²) in [6, 6.07) is 19.8. The van der Waals surface area contributed by atoms with Gasteiger partial charge in [0.15, 0.2) is 0 Å². The number of rotatable bonds is 6. The van der Waals surface area contributed by atoms with Gasteiger partial charge in [-0.1, -0.05) is 52.3 Å². The van der Waals surface area contributed by atoms with Crippen LogP contribution in [0.15, 0.2) is 90.9 Å². The lowest BCUT2D eigenvalue weighted by Crippen LogP contribution is -2.07. The lowest BCUT2D eigenvalue weighted by Gasteiger charge is -2.06. The van der Waals surface area contributed by atoms with Crippen LogP contribution in [0.1, 0.15) is 5.56 Å². The van der Waals surface area contributed by atoms with Gasteiger partial charge in [-0.05, 0) is 41.3 Å². The second-order valence-corrected chi connectivity index (χ2v) is 9.66. The molecule has 0 saturated heterocycles. The van der Waals surface area contributed by atoms with Gasteiger partial charge in [0.1, 0.15) is 0 Å². The van der Waals surface area contributed by atoms with Gasteiger partial charge >= 0.3 is 0 Å². The normalized spacial score (nSPS) is 11.5. The van der Waals surface area contributed by atoms with Gasteiger partial charge in [-0.2, -0.15) is 4.98 Å². The summed E-state index contributed by atoms with van der Waals surface area (Å²) in [6.07, 6.45) is 0. The maximum atomic E-state index is 13.2. The highest BCUT2D eigenvalue weighted by Crippen LogP contribution is 2.34. The fourth-order valence-electron chi connectivity index (χ4n) is 2.61. The molecule has 0 saturated carbocycles. The van der Waals surface area contributed by atoms with Crippen LogP contribution < -0.4 is 5.32 Å². The standard InChI is InChI=1S/C20H15BrN2O3S2/c21-15-8-10-16(11-9-15)28(24,25)20-19(22-13-14-5-2-1-3-6-14)26-18(23-20)17-7-4-12-27-17/h1-12,22H,13H2. The SMILES string of the molecule is O=S(=O)(c1ccc(Br)cc1)c1nc(-c2cccs2)oc1NCc1ccccc1. The minimum atomic E-state index is -3.84. The van der Waals surface area contributed by atoms with Gasteiger partial charge in [0, 0.05) is 11.0 Å². The molecule has 0 spiro atoms. The Bertz CT molecular complexity index is 1170. The van der Waals surface area contributed by atoms with Crippen LogP contribution in [0.3, 0.4) is 0 Å². The molecule has 0 amide bonds. The summed E-state index contributed by atoms with van der Waals surface area (Å²) in [4.78, 5) is 5.24. The third-order valence-corrected chi connectivity index (χ3v) is 7.07. The van der Waals surface area contributed by atoms with Crippen molar-refractivity contribution in [1.29, 1.82) is 0 Å². The Morgan fingerprint density at radius 3 is 2.43 bits per heavy atom. The lowest BCUT2D eigenvalue weighted by molar-refractivity contribution is 0.577. The van der Waals surface area contributed by atoms with Gasteiger partial charge in [-0.25, -0.2) is 8.42 Å². The summed E-state index contributed by atoms with van der Waals surface area (Å²) < 4.78 is 33.0. The van der Waals surface area contributed by atoms with Crippen LogP contribution in [0.4, 0.5) is 5.88 Å². The molecule has 0 aliphatic rings. The number of halogens is 1. The van der Waals surface area contributed by atoms with E-state index in [1.54, 1.807) is 24.3 Å². The second-order valence-electron chi connectivity index (χ2n) is 5.93. The Balaban J connectivity index is 1.74. The van der Waals surface area contributed by atoms with Crippen molar-refractivity contribution in [3.8, 4) is 10.8 Å². The van der Waals surface area contributed by atoms with Gasteiger partial charge in [-0.15, -0.1) is 11.3 Å². The van der Waals surface area contributed by atoms with Gasteiger partial charge in [0.25, 0.3) is 0 Å². The molecule has 0 atom stereocenters. The van der Waals surface area contributed by atoms with Gasteiger partial charge in [0.05, 0.1) is 9.77 Å². The molecule has 2 aromatic carbocycles. The van der Waals surface area contributed by atoms with Gasteiger partial charge in [-0.3, -0.25) is 0 Å². The van der Waals surface area contributed by atoms with E-state index in [1.807, 2.05) is 47.8 Å². The summed E-state index contributed by atoms with van der Waals surface area (Å²) in [7, 11) is -3.84. The summed E-state index contributed by atoms with van der Waals surface area (Å²) in [5, 5.41) is 4.86. The molecule has 2 aromatic heterocycles. The Hall–Kier alpha value is -2.42. The van der Waals surface area contributed by atoms with E-state index < -0.39 is 9.84 Å². The predicted octanol–water partition coefficient (Wildman–Crippen LogP) is 5.61. The van der Waals surface area contributed by atoms with Crippen molar-refractivity contribution in [1.82, 2.24) is 4.98 Å². The number of nitrogens with zero attached hydrogens (tertiary/aromatic N) is 1. The molecule has 28 heavy (non-hydrogen) atoms. The van der Waals surface area contributed by atoms with E-state index in [0.29, 0.717) is 6.54 Å². The van der Waals surface area contributed by atoms with Crippen molar-refractivity contribution in [3.05, 3.63) is 82.1 Å². The van der Waals surface area contributed by atoms with E-state index in [9.17, 15) is 8.42 Å². The minimum Gasteiger partial charge on any atom is -0.418 e. The molecule has 5 nitrogen and oxygen atoms in total. The molecule has 0 radical (unpaired) electrons. The number of oxazole rings is 1. The smallest absolute Gasteiger partial charge is 0.240 e. The molecule has 4 aromatic rings. The van der Waals surface area contributed by atoms with Gasteiger partial charge < -0.3 is 9.73 Å². The zero-order valence-electron chi connectivity index (χ0n) is 14.5. The van der Waals surface area contributed by atoms with Crippen molar-refractivity contribution in [2.45, 2.75) is 16.5 Å². The fourth-order valence-corrected chi connectivity index (χ4v) is 4.80. The first-order valence-corrected chi connectivity index (χ1v) is 11.5. The van der Waals surface area contributed by atoms with Crippen molar-refractivity contribution in [2.24, 2.45) is 0 Å². The monoisotopic (exact) mass is 474 g/mol. The third-order valence-electron chi connectivity index (χ3n) is 4.00. The average molecular weight is 475 g/mol. The van der Waals surface area contributed by atoms with Crippen LogP contribution in [-0.2, 0) is 16.4 Å². The summed E-state index contributed by atoms with van der Waals surface area (Å²) >= 11 is 4.76. The highest BCUT2D eigenvalue weighted by molar-refractivity contribution is 9.10. The molecule has 142 valence electrons. The molecule has 8 heteroatoms. The number of aromatic nitrogens is 1. The van der Waals surface area contributed by atoms with Gasteiger partial charge in [0.2, 0.25) is 26.6 Å². The summed E-state index contributed by atoms with van der Waals surface area (Å²) in [6.45, 7) is 0.419. The number of hydrogen-bond donors (Lipinski definition) is 1. The molecule has 0 aliphatic carbocycles. The molecule has 4 rings (SSSR count). The largest absolute Gasteiger partial charge is 0.418 e. The Morgan fingerprint density at radius 2 is 1.75 bits per heavy atom. The summed E-state index contributed by atoms with van der Waals surface area (Å²) in [5.74, 6) is 0.413. The summed E-state index contributed by atoms with van der Waals surface area (Å²) in [5.41, 5.74) is 1.00. The number of sulfone groups is 1. The van der Waals surface area contributed by atoms with Crippen LogP contribution in [0.5, 0.6) is 0 Å². The van der Waals surface area contributed by atoms with Crippen LogP contribution in [0.25, 0.3) is 10.8 Å². The van der Waals surface area contributed by atoms with Crippen molar-refractivity contribution >= 4 is 43.0 Å². The van der Waals surface area contributed by atoms with Crippen LogP contribution in [0, 0.1) is 0 Å². The zero-order chi connectivity index (χ0) is 19.6. The van der Waals surface area contributed by atoms with Crippen LogP contribution >= 0.6 is 27.3 Å². The highest BCUT2D eigenvalue weighted by Gasteiger charge is 2.28. The maximum Gasteiger partial charge on any atom is 0.240 e. The minimum absolute atomic E-state index is 0.117. The quantitative estimate of drug-likeness (QED) is 0.393. The number of hydrogen-bond acceptors (Lipinski definition) is 6. The molecule has 2 heterocycles. The molecular weight excluding hydrogens is 460 g/mol. The molecule has 0 bridgehead atoms. The molecule has 0 unspecified atom stereocenters. The first-order valence-electron chi connectivity index (χ1n) is 8.37. The van der Waals surface area contributed by atoms with E-state index in [4.69, 9.17) is 4.42 Å². The molecule has 0 aliphatic heterocycles. The Labute approximate surface area is 175 Å². The molecule has 0 fully saturated rings. The first kappa shape index (κ1) is 18.9. The van der Waals surface area contributed by atoms with E-state index >= 15 is 0 Å². The van der Waals surface area contributed by atoms with Crippen LogP contribution in [0.2, 0.25) is 0 Å². The fraction of sp³-hybridized carbons (Fsp3) is 0.0500. The van der Waals surface area contributed by atoms with Crippen LogP contribution in [-0.4, -0.2) is 13.4 Å². The van der Waals surface area contributed by atoms with E-state index in [2.05, 4.69) is 26.2 Å². The topological polar surface area (TPSA) is 72.2 Å². The zero-order valence-corrected chi connectivity index (χ0v) is 17.7. The first-order chi connectivity index (χ1) is 13.5. The van der Waals surface area contributed by atoms with Crippen molar-refractivity contribution in [3.63, 3.8) is 0 Å². The van der Waals surface area contributed by atoms with Crippen molar-refractivity contribution in [2.75, 3.05) is 5.32 Å². The van der Waals surface area contributed by atoms with Crippen molar-refractivity contribution < 1.29 is 12.8 Å². The number of benzene rings is 2. The number of nitrogens with one attached hydrogen (secondary N) is 1. The second kappa shape index (κ2) is 7.90. The third kappa shape index (κ3) is 3.89. The number of thiophene rings is 1. The lowest BCUT2D eigenvalue weighted by atomic mass is 10.2. The Kier molecular flexibility index (Phi) is 5.34. The Morgan fingerprint density at radius 1 is 1.00 bits per heavy atom. The molecule has 1 N–H and O–H groups in total.